The lowest BCUT2D eigenvalue weighted by Crippen LogP contribution is -2.07. The lowest BCUT2D eigenvalue weighted by molar-refractivity contribution is 0.0601. The van der Waals surface area contributed by atoms with E-state index >= 15 is 0 Å². The van der Waals surface area contributed by atoms with Crippen LogP contribution >= 0.6 is 0 Å². The van der Waals surface area contributed by atoms with Gasteiger partial charge < -0.3 is 10.5 Å². The molecule has 3 nitrogen and oxygen atoms in total. The summed E-state index contributed by atoms with van der Waals surface area (Å²) in [5.41, 5.74) is 6.42. The zero-order chi connectivity index (χ0) is 10.0. The molecule has 2 N–H and O–H groups in total. The molecule has 0 radical (unpaired) electrons. The molecule has 0 saturated heterocycles. The summed E-state index contributed by atoms with van der Waals surface area (Å²) in [7, 11) is 1.22. The van der Waals surface area contributed by atoms with E-state index in [-0.39, 0.29) is 11.3 Å². The fraction of sp³-hybridized carbons (Fsp3) is 0.222. The monoisotopic (exact) mass is 183 g/mol. The minimum absolute atomic E-state index is 0.0694. The predicted molar refractivity (Wildman–Crippen MR) is 46.9 cm³/mol. The molecule has 70 valence electrons. The van der Waals surface area contributed by atoms with Gasteiger partial charge in [0.1, 0.15) is 5.82 Å². The Labute approximate surface area is 75.3 Å². The molecule has 0 aliphatic heterocycles. The number of hydrogen-bond donors (Lipinski definition) is 1. The molecular formula is C9H10FNO2. The summed E-state index contributed by atoms with van der Waals surface area (Å²) >= 11 is 0. The second-order valence-electron chi connectivity index (χ2n) is 2.68. The summed E-state index contributed by atoms with van der Waals surface area (Å²) in [6.45, 7) is 1.63. The van der Waals surface area contributed by atoms with Crippen LogP contribution in [0.2, 0.25) is 0 Å². The summed E-state index contributed by atoms with van der Waals surface area (Å²) in [6, 6.07) is 2.33. The molecule has 0 heterocycles. The van der Waals surface area contributed by atoms with Gasteiger partial charge in [0.25, 0.3) is 0 Å². The SMILES string of the molecule is COC(=O)c1cc(F)cc(C)c1N. The van der Waals surface area contributed by atoms with Crippen molar-refractivity contribution >= 4 is 11.7 Å². The molecule has 0 unspecified atom stereocenters. The lowest BCUT2D eigenvalue weighted by Gasteiger charge is -2.06. The molecule has 0 bridgehead atoms. The van der Waals surface area contributed by atoms with Gasteiger partial charge in [0.05, 0.1) is 12.7 Å². The molecule has 1 aromatic rings. The van der Waals surface area contributed by atoms with Crippen LogP contribution in [0.15, 0.2) is 12.1 Å². The van der Waals surface area contributed by atoms with Crippen molar-refractivity contribution in [3.63, 3.8) is 0 Å². The number of benzene rings is 1. The number of halogens is 1. The van der Waals surface area contributed by atoms with Gasteiger partial charge in [-0.1, -0.05) is 0 Å². The van der Waals surface area contributed by atoms with Gasteiger partial charge in [-0.05, 0) is 24.6 Å². The highest BCUT2D eigenvalue weighted by Gasteiger charge is 2.12. The average Bonchev–Trinajstić information content (AvgIpc) is 2.10. The van der Waals surface area contributed by atoms with Crippen LogP contribution in [0.4, 0.5) is 10.1 Å². The largest absolute Gasteiger partial charge is 0.465 e. The fourth-order valence-electron chi connectivity index (χ4n) is 1.03. The van der Waals surface area contributed by atoms with E-state index in [4.69, 9.17) is 5.73 Å². The minimum Gasteiger partial charge on any atom is -0.465 e. The van der Waals surface area contributed by atoms with Gasteiger partial charge in [-0.25, -0.2) is 9.18 Å². The van der Waals surface area contributed by atoms with Crippen molar-refractivity contribution in [2.45, 2.75) is 6.92 Å². The van der Waals surface area contributed by atoms with Gasteiger partial charge in [-0.3, -0.25) is 0 Å². The molecule has 13 heavy (non-hydrogen) atoms. The second kappa shape index (κ2) is 3.43. The summed E-state index contributed by atoms with van der Waals surface area (Å²) in [4.78, 5) is 11.1. The first-order valence-corrected chi connectivity index (χ1v) is 3.70. The molecule has 0 aliphatic carbocycles. The Hall–Kier alpha value is -1.58. The molecule has 0 atom stereocenters. The van der Waals surface area contributed by atoms with E-state index < -0.39 is 11.8 Å². The summed E-state index contributed by atoms with van der Waals surface area (Å²) in [5.74, 6) is -1.12. The zero-order valence-electron chi connectivity index (χ0n) is 7.43. The van der Waals surface area contributed by atoms with Crippen molar-refractivity contribution in [3.8, 4) is 0 Å². The number of nitrogens with two attached hydrogens (primary N) is 1. The number of aryl methyl sites for hydroxylation is 1. The molecule has 1 rings (SSSR count). The van der Waals surface area contributed by atoms with E-state index in [1.54, 1.807) is 6.92 Å². The molecule has 0 fully saturated rings. The molecule has 0 amide bonds. The van der Waals surface area contributed by atoms with Crippen LogP contribution in [-0.4, -0.2) is 13.1 Å². The van der Waals surface area contributed by atoms with E-state index in [0.29, 0.717) is 5.56 Å². The first kappa shape index (κ1) is 9.51. The Morgan fingerprint density at radius 2 is 2.15 bits per heavy atom. The molecule has 0 spiro atoms. The van der Waals surface area contributed by atoms with Crippen molar-refractivity contribution in [3.05, 3.63) is 29.1 Å². The van der Waals surface area contributed by atoms with Crippen molar-refractivity contribution in [2.24, 2.45) is 0 Å². The number of methoxy groups -OCH3 is 1. The molecular weight excluding hydrogens is 173 g/mol. The van der Waals surface area contributed by atoms with Crippen LogP contribution < -0.4 is 5.73 Å². The van der Waals surface area contributed by atoms with Gasteiger partial charge in [0.15, 0.2) is 0 Å². The maximum atomic E-state index is 12.8. The number of nitrogen functional groups attached to an aromatic ring is 1. The maximum absolute atomic E-state index is 12.8. The fourth-order valence-corrected chi connectivity index (χ4v) is 1.03. The third kappa shape index (κ3) is 1.77. The summed E-state index contributed by atoms with van der Waals surface area (Å²) < 4.78 is 17.3. The maximum Gasteiger partial charge on any atom is 0.340 e. The topological polar surface area (TPSA) is 52.3 Å². The first-order chi connectivity index (χ1) is 6.06. The van der Waals surface area contributed by atoms with Gasteiger partial charge in [0.2, 0.25) is 0 Å². The lowest BCUT2D eigenvalue weighted by atomic mass is 10.1. The van der Waals surface area contributed by atoms with Gasteiger partial charge in [-0.2, -0.15) is 0 Å². The van der Waals surface area contributed by atoms with E-state index in [1.165, 1.54) is 13.2 Å². The molecule has 4 heteroatoms. The van der Waals surface area contributed by atoms with Gasteiger partial charge in [-0.15, -0.1) is 0 Å². The third-order valence-electron chi connectivity index (χ3n) is 1.76. The van der Waals surface area contributed by atoms with Gasteiger partial charge >= 0.3 is 5.97 Å². The average molecular weight is 183 g/mol. The van der Waals surface area contributed by atoms with E-state index in [2.05, 4.69) is 4.74 Å². The van der Waals surface area contributed by atoms with Crippen LogP contribution in [-0.2, 0) is 4.74 Å². The van der Waals surface area contributed by atoms with Crippen LogP contribution in [0.5, 0.6) is 0 Å². The van der Waals surface area contributed by atoms with E-state index in [9.17, 15) is 9.18 Å². The number of carbonyl (C=O) groups is 1. The number of anilines is 1. The third-order valence-corrected chi connectivity index (χ3v) is 1.76. The van der Waals surface area contributed by atoms with Crippen LogP contribution in [0.3, 0.4) is 0 Å². The number of hydrogen-bond acceptors (Lipinski definition) is 3. The Bertz CT molecular complexity index is 350. The standard InChI is InChI=1S/C9H10FNO2/c1-5-3-6(10)4-7(8(5)11)9(12)13-2/h3-4H,11H2,1-2H3. The van der Waals surface area contributed by atoms with Crippen molar-refractivity contribution < 1.29 is 13.9 Å². The zero-order valence-corrected chi connectivity index (χ0v) is 7.43. The second-order valence-corrected chi connectivity index (χ2v) is 2.68. The first-order valence-electron chi connectivity index (χ1n) is 3.70. The quantitative estimate of drug-likeness (QED) is 0.530. The van der Waals surface area contributed by atoms with E-state index in [0.717, 1.165) is 6.07 Å². The normalized spacial score (nSPS) is 9.77. The Morgan fingerprint density at radius 3 is 2.69 bits per heavy atom. The predicted octanol–water partition coefficient (Wildman–Crippen LogP) is 1.50. The number of carbonyl (C=O) groups excluding carboxylic acids is 1. The number of esters is 1. The van der Waals surface area contributed by atoms with E-state index in [1.807, 2.05) is 0 Å². The summed E-state index contributed by atoms with van der Waals surface area (Å²) in [6.07, 6.45) is 0. The molecule has 0 aromatic heterocycles. The van der Waals surface area contributed by atoms with Crippen LogP contribution in [0.1, 0.15) is 15.9 Å². The van der Waals surface area contributed by atoms with Crippen molar-refractivity contribution in [1.82, 2.24) is 0 Å². The molecule has 1 aromatic carbocycles. The molecule has 0 aliphatic rings. The van der Waals surface area contributed by atoms with Crippen LogP contribution in [0.25, 0.3) is 0 Å². The van der Waals surface area contributed by atoms with Crippen LogP contribution in [0, 0.1) is 12.7 Å². The Balaban J connectivity index is 3.28. The Morgan fingerprint density at radius 1 is 1.54 bits per heavy atom. The van der Waals surface area contributed by atoms with Crippen molar-refractivity contribution in [2.75, 3.05) is 12.8 Å². The highest BCUT2D eigenvalue weighted by Crippen LogP contribution is 2.19. The summed E-state index contributed by atoms with van der Waals surface area (Å²) in [5, 5.41) is 0. The highest BCUT2D eigenvalue weighted by atomic mass is 19.1. The number of ether oxygens (including phenoxy) is 1. The minimum atomic E-state index is -0.625. The highest BCUT2D eigenvalue weighted by molar-refractivity contribution is 5.95. The van der Waals surface area contributed by atoms with Crippen molar-refractivity contribution in [1.29, 1.82) is 0 Å². The number of rotatable bonds is 1. The van der Waals surface area contributed by atoms with Gasteiger partial charge in [0, 0.05) is 5.69 Å². The Kier molecular flexibility index (Phi) is 2.51. The molecule has 0 saturated carbocycles. The smallest absolute Gasteiger partial charge is 0.340 e.